The van der Waals surface area contributed by atoms with Crippen LogP contribution in [0.15, 0.2) is 45.5 Å². The molecular formula is C26H34N6O4. The fourth-order valence-electron chi connectivity index (χ4n) is 4.72. The minimum absolute atomic E-state index is 0.0332. The molecule has 2 N–H and O–H groups in total. The first kappa shape index (κ1) is 25.4. The van der Waals surface area contributed by atoms with Crippen molar-refractivity contribution in [3.8, 4) is 0 Å². The van der Waals surface area contributed by atoms with Crippen molar-refractivity contribution >= 4 is 23.1 Å². The van der Waals surface area contributed by atoms with Crippen molar-refractivity contribution in [3.05, 3.63) is 67.9 Å². The van der Waals surface area contributed by atoms with Gasteiger partial charge in [0.25, 0.3) is 5.56 Å². The van der Waals surface area contributed by atoms with Crippen molar-refractivity contribution in [1.29, 1.82) is 0 Å². The van der Waals surface area contributed by atoms with Crippen LogP contribution in [0.3, 0.4) is 0 Å². The van der Waals surface area contributed by atoms with Crippen LogP contribution in [-0.4, -0.2) is 50.9 Å². The van der Waals surface area contributed by atoms with Gasteiger partial charge in [0.05, 0.1) is 12.7 Å². The number of hydrogen-bond acceptors (Lipinski definition) is 7. The Labute approximate surface area is 209 Å². The number of aromatic nitrogens is 4. The van der Waals surface area contributed by atoms with Gasteiger partial charge in [0.2, 0.25) is 5.95 Å². The van der Waals surface area contributed by atoms with Gasteiger partial charge >= 0.3 is 11.7 Å². The molecule has 0 aliphatic carbocycles. The molecule has 1 aromatic carbocycles. The van der Waals surface area contributed by atoms with Crippen molar-refractivity contribution in [2.45, 2.75) is 52.2 Å². The average molecular weight is 495 g/mol. The maximum atomic E-state index is 13.8. The Bertz CT molecular complexity index is 1430. The molecule has 10 nitrogen and oxygen atoms in total. The summed E-state index contributed by atoms with van der Waals surface area (Å²) in [6.45, 7) is 6.01. The van der Waals surface area contributed by atoms with Gasteiger partial charge in [-0.3, -0.25) is 13.9 Å². The molecule has 3 aromatic rings. The van der Waals surface area contributed by atoms with Crippen LogP contribution in [0.1, 0.15) is 42.6 Å². The summed E-state index contributed by atoms with van der Waals surface area (Å²) in [5, 5.41) is 0. The number of nitrogens with two attached hydrogens (primary N) is 1. The minimum atomic E-state index is -0.453. The minimum Gasteiger partial charge on any atom is -0.465 e. The molecule has 1 unspecified atom stereocenters. The predicted octanol–water partition coefficient (Wildman–Crippen LogP) is 1.82. The summed E-state index contributed by atoms with van der Waals surface area (Å²) in [4.78, 5) is 46.1. The Hall–Kier alpha value is -3.66. The highest BCUT2D eigenvalue weighted by Crippen LogP contribution is 2.23. The lowest BCUT2D eigenvalue weighted by molar-refractivity contribution is 0.0599. The first-order valence-corrected chi connectivity index (χ1v) is 12.2. The van der Waals surface area contributed by atoms with Gasteiger partial charge in [0.15, 0.2) is 11.2 Å². The van der Waals surface area contributed by atoms with Crippen LogP contribution in [0, 0.1) is 0 Å². The van der Waals surface area contributed by atoms with E-state index in [0.717, 1.165) is 25.0 Å². The number of benzene rings is 1. The Morgan fingerprint density at radius 2 is 1.97 bits per heavy atom. The van der Waals surface area contributed by atoms with Crippen molar-refractivity contribution in [2.75, 3.05) is 25.1 Å². The molecule has 1 atom stereocenters. The van der Waals surface area contributed by atoms with E-state index in [9.17, 15) is 14.4 Å². The van der Waals surface area contributed by atoms with Gasteiger partial charge in [-0.15, -0.1) is 0 Å². The summed E-state index contributed by atoms with van der Waals surface area (Å²) in [5.41, 5.74) is 8.36. The molecular weight excluding hydrogens is 460 g/mol. The molecule has 10 heteroatoms. The zero-order valence-corrected chi connectivity index (χ0v) is 21.4. The topological polar surface area (TPSA) is 117 Å². The summed E-state index contributed by atoms with van der Waals surface area (Å²) < 4.78 is 9.42. The van der Waals surface area contributed by atoms with E-state index in [1.807, 2.05) is 30.6 Å². The molecule has 2 aromatic heterocycles. The highest BCUT2D eigenvalue weighted by molar-refractivity contribution is 5.91. The number of aryl methyl sites for hydroxylation is 2. The molecule has 36 heavy (non-hydrogen) atoms. The number of imidazole rings is 1. The third-order valence-corrected chi connectivity index (χ3v) is 6.66. The molecule has 0 amide bonds. The number of methoxy groups -OCH3 is 1. The first-order valence-electron chi connectivity index (χ1n) is 12.2. The summed E-state index contributed by atoms with van der Waals surface area (Å²) in [5.74, 6) is 0.198. The van der Waals surface area contributed by atoms with Gasteiger partial charge in [0, 0.05) is 39.3 Å². The number of nitrogens with zero attached hydrogens (tertiary/aromatic N) is 5. The molecule has 192 valence electrons. The van der Waals surface area contributed by atoms with Gasteiger partial charge < -0.3 is 19.9 Å². The molecule has 3 heterocycles. The van der Waals surface area contributed by atoms with Crippen LogP contribution < -0.4 is 21.9 Å². The standard InChI is InChI=1S/C26H34N6O4/c1-17(2)11-14-31-21-22(28-25(31)30-13-7-9-19(27)16-30)29(3)26(35)32(23(21)33)15-12-18-8-5-6-10-20(18)24(34)36-4/h5-6,8,10-11,19H,7,9,12-16,27H2,1-4H3. The lowest BCUT2D eigenvalue weighted by atomic mass is 10.0. The summed E-state index contributed by atoms with van der Waals surface area (Å²) in [7, 11) is 2.96. The Morgan fingerprint density at radius 3 is 2.67 bits per heavy atom. The number of esters is 1. The second kappa shape index (κ2) is 10.5. The number of carbonyl (C=O) groups is 1. The molecule has 0 bridgehead atoms. The highest BCUT2D eigenvalue weighted by Gasteiger charge is 2.26. The van der Waals surface area contributed by atoms with E-state index in [0.29, 0.717) is 47.7 Å². The quantitative estimate of drug-likeness (QED) is 0.393. The molecule has 1 aliphatic rings. The lowest BCUT2D eigenvalue weighted by Crippen LogP contribution is -2.44. The maximum absolute atomic E-state index is 13.8. The van der Waals surface area contributed by atoms with Crippen LogP contribution in [-0.2, 0) is 31.3 Å². The predicted molar refractivity (Wildman–Crippen MR) is 140 cm³/mol. The first-order chi connectivity index (χ1) is 17.2. The normalized spacial score (nSPS) is 15.8. The zero-order valence-electron chi connectivity index (χ0n) is 21.4. The fourth-order valence-corrected chi connectivity index (χ4v) is 4.72. The summed E-state index contributed by atoms with van der Waals surface area (Å²) >= 11 is 0. The Balaban J connectivity index is 1.82. The lowest BCUT2D eigenvalue weighted by Gasteiger charge is -2.31. The van der Waals surface area contributed by atoms with Gasteiger partial charge in [-0.05, 0) is 44.7 Å². The van der Waals surface area contributed by atoms with Crippen LogP contribution in [0.4, 0.5) is 5.95 Å². The molecule has 1 fully saturated rings. The van der Waals surface area contributed by atoms with E-state index in [1.165, 1.54) is 16.2 Å². The van der Waals surface area contributed by atoms with E-state index in [1.54, 1.807) is 25.2 Å². The van der Waals surface area contributed by atoms with E-state index in [2.05, 4.69) is 4.90 Å². The fraction of sp³-hybridized carbons (Fsp3) is 0.462. The van der Waals surface area contributed by atoms with Crippen LogP contribution in [0.2, 0.25) is 0 Å². The molecule has 0 saturated carbocycles. The van der Waals surface area contributed by atoms with E-state index in [-0.39, 0.29) is 12.6 Å². The second-order valence-electron chi connectivity index (χ2n) is 9.52. The molecule has 0 spiro atoms. The molecule has 4 rings (SSSR count). The number of carbonyl (C=O) groups excluding carboxylic acids is 1. The van der Waals surface area contributed by atoms with Crippen molar-refractivity contribution in [1.82, 2.24) is 18.7 Å². The van der Waals surface area contributed by atoms with Crippen molar-refractivity contribution < 1.29 is 9.53 Å². The largest absolute Gasteiger partial charge is 0.465 e. The smallest absolute Gasteiger partial charge is 0.338 e. The second-order valence-corrected chi connectivity index (χ2v) is 9.52. The number of anilines is 1. The monoisotopic (exact) mass is 494 g/mol. The van der Waals surface area contributed by atoms with Crippen molar-refractivity contribution in [2.24, 2.45) is 12.8 Å². The summed E-state index contributed by atoms with van der Waals surface area (Å²) in [6, 6.07) is 7.08. The van der Waals surface area contributed by atoms with Gasteiger partial charge in [-0.2, -0.15) is 4.98 Å². The average Bonchev–Trinajstić information content (AvgIpc) is 3.26. The third-order valence-electron chi connectivity index (χ3n) is 6.66. The highest BCUT2D eigenvalue weighted by atomic mass is 16.5. The molecule has 0 radical (unpaired) electrons. The van der Waals surface area contributed by atoms with E-state index >= 15 is 0 Å². The van der Waals surface area contributed by atoms with Gasteiger partial charge in [-0.1, -0.05) is 29.8 Å². The number of ether oxygens (including phenoxy) is 1. The number of rotatable bonds is 7. The number of fused-ring (bicyclic) bond motifs is 1. The maximum Gasteiger partial charge on any atom is 0.338 e. The van der Waals surface area contributed by atoms with Crippen LogP contribution >= 0.6 is 0 Å². The Kier molecular flexibility index (Phi) is 7.44. The molecule has 1 saturated heterocycles. The third kappa shape index (κ3) is 4.86. The Morgan fingerprint density at radius 1 is 1.22 bits per heavy atom. The van der Waals surface area contributed by atoms with Crippen molar-refractivity contribution in [3.63, 3.8) is 0 Å². The molecule has 1 aliphatic heterocycles. The SMILES string of the molecule is COC(=O)c1ccccc1CCn1c(=O)c2c(nc(N3CCCC(N)C3)n2CC=C(C)C)n(C)c1=O. The number of allylic oxidation sites excluding steroid dienone is 2. The number of hydrogen-bond donors (Lipinski definition) is 1. The zero-order chi connectivity index (χ0) is 26.0. The van der Waals surface area contributed by atoms with Gasteiger partial charge in [0.1, 0.15) is 0 Å². The van der Waals surface area contributed by atoms with Crippen LogP contribution in [0.5, 0.6) is 0 Å². The summed E-state index contributed by atoms with van der Waals surface area (Å²) in [6.07, 6.45) is 4.25. The van der Waals surface area contributed by atoms with E-state index in [4.69, 9.17) is 15.5 Å². The van der Waals surface area contributed by atoms with Gasteiger partial charge in [-0.25, -0.2) is 9.59 Å². The number of piperidine rings is 1. The van der Waals surface area contributed by atoms with E-state index < -0.39 is 17.2 Å². The van der Waals surface area contributed by atoms with Crippen LogP contribution in [0.25, 0.3) is 11.2 Å².